The largest absolute Gasteiger partial charge is 0.481 e. The fourth-order valence-electron chi connectivity index (χ4n) is 2.23. The molecule has 2 N–H and O–H groups in total. The van der Waals surface area contributed by atoms with Crippen LogP contribution in [0.3, 0.4) is 0 Å². The van der Waals surface area contributed by atoms with Crippen LogP contribution >= 0.6 is 0 Å². The molecular weight excluding hydrogens is 230 g/mol. The highest BCUT2D eigenvalue weighted by atomic mass is 16.4. The maximum atomic E-state index is 12.2. The average Bonchev–Trinajstić information content (AvgIpc) is 2.26. The highest BCUT2D eigenvalue weighted by Gasteiger charge is 2.33. The molecule has 0 aromatic heterocycles. The number of nitrogens with one attached hydrogen (secondary N) is 1. The Hall–Kier alpha value is -1.84. The zero-order valence-corrected chi connectivity index (χ0v) is 10.4. The van der Waals surface area contributed by atoms with Crippen molar-refractivity contribution in [1.82, 2.24) is 5.32 Å². The zero-order chi connectivity index (χ0) is 13.2. The molecule has 1 aromatic rings. The van der Waals surface area contributed by atoms with E-state index in [4.69, 9.17) is 5.11 Å². The SMILES string of the molecule is CC1(NC(=O)c2ccccc2CC(=O)O)CCC1. The topological polar surface area (TPSA) is 66.4 Å². The summed E-state index contributed by atoms with van der Waals surface area (Å²) in [4.78, 5) is 22.9. The first-order valence-electron chi connectivity index (χ1n) is 6.12. The van der Waals surface area contributed by atoms with Gasteiger partial charge in [0.15, 0.2) is 0 Å². The lowest BCUT2D eigenvalue weighted by atomic mass is 9.78. The van der Waals surface area contributed by atoms with E-state index in [2.05, 4.69) is 5.32 Å². The Morgan fingerprint density at radius 2 is 2.00 bits per heavy atom. The van der Waals surface area contributed by atoms with Gasteiger partial charge in [0.25, 0.3) is 5.91 Å². The smallest absolute Gasteiger partial charge is 0.307 e. The molecule has 4 heteroatoms. The third-order valence-electron chi connectivity index (χ3n) is 3.48. The van der Waals surface area contributed by atoms with Gasteiger partial charge < -0.3 is 10.4 Å². The molecule has 0 saturated heterocycles. The standard InChI is InChI=1S/C14H17NO3/c1-14(7-4-8-14)15-13(18)11-6-3-2-5-10(11)9-12(16)17/h2-3,5-6H,4,7-9H2,1H3,(H,15,18)(H,16,17). The van der Waals surface area contributed by atoms with Gasteiger partial charge in [-0.05, 0) is 37.8 Å². The van der Waals surface area contributed by atoms with Crippen molar-refractivity contribution in [3.8, 4) is 0 Å². The molecule has 0 heterocycles. The summed E-state index contributed by atoms with van der Waals surface area (Å²) in [6.07, 6.45) is 2.98. The van der Waals surface area contributed by atoms with E-state index in [1.807, 2.05) is 6.92 Å². The summed E-state index contributed by atoms with van der Waals surface area (Å²) < 4.78 is 0. The fourth-order valence-corrected chi connectivity index (χ4v) is 2.23. The van der Waals surface area contributed by atoms with Crippen LogP contribution in [0.25, 0.3) is 0 Å². The maximum absolute atomic E-state index is 12.2. The molecule has 18 heavy (non-hydrogen) atoms. The molecule has 4 nitrogen and oxygen atoms in total. The van der Waals surface area contributed by atoms with Crippen LogP contribution in [0.4, 0.5) is 0 Å². The number of amides is 1. The number of carbonyl (C=O) groups excluding carboxylic acids is 1. The van der Waals surface area contributed by atoms with Gasteiger partial charge in [0.1, 0.15) is 0 Å². The van der Waals surface area contributed by atoms with Crippen molar-refractivity contribution < 1.29 is 14.7 Å². The number of hydrogen-bond acceptors (Lipinski definition) is 2. The van der Waals surface area contributed by atoms with Crippen molar-refractivity contribution in [2.24, 2.45) is 0 Å². The van der Waals surface area contributed by atoms with Gasteiger partial charge in [0.05, 0.1) is 6.42 Å². The molecule has 1 aromatic carbocycles. The predicted molar refractivity (Wildman–Crippen MR) is 67.5 cm³/mol. The van der Waals surface area contributed by atoms with Gasteiger partial charge in [-0.25, -0.2) is 0 Å². The minimum Gasteiger partial charge on any atom is -0.481 e. The Balaban J connectivity index is 2.16. The van der Waals surface area contributed by atoms with E-state index in [-0.39, 0.29) is 17.9 Å². The quantitative estimate of drug-likeness (QED) is 0.855. The average molecular weight is 247 g/mol. The number of carboxylic acids is 1. The van der Waals surface area contributed by atoms with E-state index in [1.54, 1.807) is 24.3 Å². The van der Waals surface area contributed by atoms with E-state index in [0.29, 0.717) is 11.1 Å². The monoisotopic (exact) mass is 247 g/mol. The molecule has 0 atom stereocenters. The molecule has 96 valence electrons. The van der Waals surface area contributed by atoms with Gasteiger partial charge in [-0.3, -0.25) is 9.59 Å². The van der Waals surface area contributed by atoms with Crippen molar-refractivity contribution in [2.75, 3.05) is 0 Å². The first kappa shape index (κ1) is 12.6. The summed E-state index contributed by atoms with van der Waals surface area (Å²) in [6.45, 7) is 2.02. The molecule has 0 bridgehead atoms. The van der Waals surface area contributed by atoms with E-state index < -0.39 is 5.97 Å². The molecule has 0 unspecified atom stereocenters. The Kier molecular flexibility index (Phi) is 3.36. The second-order valence-electron chi connectivity index (χ2n) is 5.10. The lowest BCUT2D eigenvalue weighted by molar-refractivity contribution is -0.136. The fraction of sp³-hybridized carbons (Fsp3) is 0.429. The summed E-state index contributed by atoms with van der Waals surface area (Å²) in [5.41, 5.74) is 0.909. The van der Waals surface area contributed by atoms with Crippen molar-refractivity contribution in [3.05, 3.63) is 35.4 Å². The van der Waals surface area contributed by atoms with E-state index in [9.17, 15) is 9.59 Å². The van der Waals surface area contributed by atoms with Gasteiger partial charge in [0.2, 0.25) is 0 Å². The van der Waals surface area contributed by atoms with Crippen molar-refractivity contribution in [2.45, 2.75) is 38.1 Å². The van der Waals surface area contributed by atoms with Crippen LogP contribution in [0.15, 0.2) is 24.3 Å². The minimum absolute atomic E-state index is 0.118. The van der Waals surface area contributed by atoms with Crippen LogP contribution in [0.5, 0.6) is 0 Å². The Morgan fingerprint density at radius 3 is 2.56 bits per heavy atom. The Morgan fingerprint density at radius 1 is 1.33 bits per heavy atom. The van der Waals surface area contributed by atoms with Crippen molar-refractivity contribution in [1.29, 1.82) is 0 Å². The number of carbonyl (C=O) groups is 2. The molecule has 1 aliphatic carbocycles. The molecule has 0 radical (unpaired) electrons. The van der Waals surface area contributed by atoms with Crippen LogP contribution in [-0.4, -0.2) is 22.5 Å². The first-order chi connectivity index (χ1) is 8.50. The van der Waals surface area contributed by atoms with Gasteiger partial charge in [-0.2, -0.15) is 0 Å². The zero-order valence-electron chi connectivity index (χ0n) is 10.4. The summed E-state index contributed by atoms with van der Waals surface area (Å²) >= 11 is 0. The van der Waals surface area contributed by atoms with E-state index >= 15 is 0 Å². The molecule has 1 saturated carbocycles. The number of benzene rings is 1. The molecule has 1 amide bonds. The highest BCUT2D eigenvalue weighted by Crippen LogP contribution is 2.31. The second kappa shape index (κ2) is 4.80. The molecule has 0 spiro atoms. The lowest BCUT2D eigenvalue weighted by Crippen LogP contribution is -2.51. The molecule has 0 aliphatic heterocycles. The van der Waals surface area contributed by atoms with Gasteiger partial charge in [-0.1, -0.05) is 18.2 Å². The number of carboxylic acid groups (broad SMARTS) is 1. The number of rotatable bonds is 4. The Bertz CT molecular complexity index is 478. The summed E-state index contributed by atoms with van der Waals surface area (Å²) in [6, 6.07) is 6.87. The normalized spacial score (nSPS) is 16.7. The maximum Gasteiger partial charge on any atom is 0.307 e. The Labute approximate surface area is 106 Å². The first-order valence-corrected chi connectivity index (χ1v) is 6.12. The third kappa shape index (κ3) is 2.70. The molecular formula is C14H17NO3. The van der Waals surface area contributed by atoms with Crippen LogP contribution in [-0.2, 0) is 11.2 Å². The van der Waals surface area contributed by atoms with Gasteiger partial charge in [0, 0.05) is 11.1 Å². The highest BCUT2D eigenvalue weighted by molar-refractivity contribution is 5.97. The summed E-state index contributed by atoms with van der Waals surface area (Å²) in [5.74, 6) is -1.10. The lowest BCUT2D eigenvalue weighted by Gasteiger charge is -2.39. The van der Waals surface area contributed by atoms with Crippen LogP contribution < -0.4 is 5.32 Å². The summed E-state index contributed by atoms with van der Waals surface area (Å²) in [7, 11) is 0. The van der Waals surface area contributed by atoms with Gasteiger partial charge in [-0.15, -0.1) is 0 Å². The van der Waals surface area contributed by atoms with E-state index in [1.165, 1.54) is 0 Å². The van der Waals surface area contributed by atoms with Crippen LogP contribution in [0.1, 0.15) is 42.1 Å². The second-order valence-corrected chi connectivity index (χ2v) is 5.10. The van der Waals surface area contributed by atoms with Gasteiger partial charge >= 0.3 is 5.97 Å². The van der Waals surface area contributed by atoms with Crippen LogP contribution in [0.2, 0.25) is 0 Å². The minimum atomic E-state index is -0.926. The summed E-state index contributed by atoms with van der Waals surface area (Å²) in [5, 5.41) is 11.8. The van der Waals surface area contributed by atoms with Crippen LogP contribution in [0, 0.1) is 0 Å². The number of hydrogen-bond donors (Lipinski definition) is 2. The third-order valence-corrected chi connectivity index (χ3v) is 3.48. The predicted octanol–water partition coefficient (Wildman–Crippen LogP) is 1.99. The number of aliphatic carboxylic acids is 1. The van der Waals surface area contributed by atoms with Crippen molar-refractivity contribution >= 4 is 11.9 Å². The van der Waals surface area contributed by atoms with Crippen molar-refractivity contribution in [3.63, 3.8) is 0 Å². The molecule has 1 fully saturated rings. The molecule has 2 rings (SSSR count). The van der Waals surface area contributed by atoms with E-state index in [0.717, 1.165) is 19.3 Å². The molecule has 1 aliphatic rings.